The van der Waals surface area contributed by atoms with Crippen molar-refractivity contribution in [3.63, 3.8) is 0 Å². The second-order valence-corrected chi connectivity index (χ2v) is 5.43. The van der Waals surface area contributed by atoms with Gasteiger partial charge in [0.05, 0.1) is 6.10 Å². The summed E-state index contributed by atoms with van der Waals surface area (Å²) in [5, 5.41) is 9.70. The van der Waals surface area contributed by atoms with E-state index in [2.05, 4.69) is 37.8 Å². The van der Waals surface area contributed by atoms with Crippen LogP contribution in [-0.4, -0.2) is 34.7 Å². The summed E-state index contributed by atoms with van der Waals surface area (Å²) in [5.74, 6) is 0. The molecule has 96 valence electrons. The van der Waals surface area contributed by atoms with E-state index in [1.165, 1.54) is 5.56 Å². The van der Waals surface area contributed by atoms with E-state index in [0.29, 0.717) is 13.1 Å². The Bertz CT molecular complexity index is 319. The van der Waals surface area contributed by atoms with Crippen LogP contribution in [0.5, 0.6) is 0 Å². The Morgan fingerprint density at radius 3 is 2.29 bits per heavy atom. The summed E-state index contributed by atoms with van der Waals surface area (Å²) in [5.41, 5.74) is 6.76. The van der Waals surface area contributed by atoms with Crippen LogP contribution >= 0.6 is 0 Å². The molecule has 0 fully saturated rings. The molecule has 0 amide bonds. The highest BCUT2D eigenvalue weighted by molar-refractivity contribution is 5.14. The lowest BCUT2D eigenvalue weighted by atomic mass is 10.0. The Morgan fingerprint density at radius 2 is 1.82 bits per heavy atom. The molecule has 0 radical (unpaired) electrons. The van der Waals surface area contributed by atoms with E-state index < -0.39 is 6.10 Å². The van der Waals surface area contributed by atoms with E-state index in [9.17, 15) is 5.11 Å². The normalized spacial score (nSPS) is 14.0. The van der Waals surface area contributed by atoms with Crippen LogP contribution in [0, 0.1) is 0 Å². The summed E-state index contributed by atoms with van der Waals surface area (Å²) >= 11 is 0. The smallest absolute Gasteiger partial charge is 0.0789 e. The van der Waals surface area contributed by atoms with Gasteiger partial charge in [0.2, 0.25) is 0 Å². The molecule has 0 aromatic heterocycles. The number of hydrogen-bond donors (Lipinski definition) is 2. The summed E-state index contributed by atoms with van der Waals surface area (Å²) in [6, 6.07) is 10.3. The van der Waals surface area contributed by atoms with E-state index in [1.54, 1.807) is 0 Å². The highest BCUT2D eigenvalue weighted by Crippen LogP contribution is 2.17. The zero-order chi connectivity index (χ0) is 12.9. The van der Waals surface area contributed by atoms with Crippen LogP contribution < -0.4 is 5.73 Å². The van der Waals surface area contributed by atoms with Crippen molar-refractivity contribution in [3.8, 4) is 0 Å². The Balaban J connectivity index is 2.71. The number of β-amino-alcohol motifs (C(OH)–C–C–N with tert-alkyl or cyclic N) is 1. The average molecular weight is 236 g/mol. The lowest BCUT2D eigenvalue weighted by Gasteiger charge is -2.37. The van der Waals surface area contributed by atoms with Crippen LogP contribution in [0.2, 0.25) is 0 Å². The first kappa shape index (κ1) is 14.2. The van der Waals surface area contributed by atoms with Gasteiger partial charge in [-0.3, -0.25) is 4.90 Å². The fourth-order valence-electron chi connectivity index (χ4n) is 1.71. The van der Waals surface area contributed by atoms with Gasteiger partial charge in [-0.1, -0.05) is 30.3 Å². The minimum absolute atomic E-state index is 0.0198. The zero-order valence-corrected chi connectivity index (χ0v) is 11.1. The Hall–Kier alpha value is -0.900. The highest BCUT2D eigenvalue weighted by atomic mass is 16.3. The number of nitrogens with zero attached hydrogens (tertiary/aromatic N) is 1. The van der Waals surface area contributed by atoms with Crippen molar-refractivity contribution >= 4 is 0 Å². The number of aliphatic hydroxyl groups is 1. The van der Waals surface area contributed by atoms with Crippen LogP contribution in [-0.2, 0) is 6.54 Å². The van der Waals surface area contributed by atoms with Gasteiger partial charge in [0.15, 0.2) is 0 Å². The van der Waals surface area contributed by atoms with Gasteiger partial charge in [-0.2, -0.15) is 0 Å². The fourth-order valence-corrected chi connectivity index (χ4v) is 1.71. The van der Waals surface area contributed by atoms with E-state index >= 15 is 0 Å². The average Bonchev–Trinajstić information content (AvgIpc) is 2.28. The van der Waals surface area contributed by atoms with Crippen molar-refractivity contribution in [2.75, 3.05) is 13.1 Å². The topological polar surface area (TPSA) is 49.5 Å². The van der Waals surface area contributed by atoms with Gasteiger partial charge in [0.25, 0.3) is 0 Å². The van der Waals surface area contributed by atoms with Crippen molar-refractivity contribution in [1.82, 2.24) is 4.90 Å². The molecule has 0 saturated carbocycles. The maximum absolute atomic E-state index is 9.70. The first-order valence-electron chi connectivity index (χ1n) is 6.10. The van der Waals surface area contributed by atoms with E-state index in [-0.39, 0.29) is 5.54 Å². The first-order valence-corrected chi connectivity index (χ1v) is 6.10. The third-order valence-corrected chi connectivity index (χ3v) is 2.87. The van der Waals surface area contributed by atoms with Gasteiger partial charge in [-0.05, 0) is 26.3 Å². The molecule has 1 atom stereocenters. The SMILES string of the molecule is CC(C)(C)N(Cc1ccccc1)C[C@H](O)CN. The molecule has 17 heavy (non-hydrogen) atoms. The van der Waals surface area contributed by atoms with Crippen molar-refractivity contribution in [1.29, 1.82) is 0 Å². The molecule has 1 rings (SSSR count). The van der Waals surface area contributed by atoms with Gasteiger partial charge < -0.3 is 10.8 Å². The Labute approximate surface area is 104 Å². The van der Waals surface area contributed by atoms with Gasteiger partial charge in [0, 0.05) is 25.2 Å². The van der Waals surface area contributed by atoms with Crippen LogP contribution in [0.1, 0.15) is 26.3 Å². The molecule has 0 saturated heterocycles. The quantitative estimate of drug-likeness (QED) is 0.816. The molecule has 0 spiro atoms. The number of nitrogens with two attached hydrogens (primary N) is 1. The lowest BCUT2D eigenvalue weighted by Crippen LogP contribution is -2.46. The number of aliphatic hydroxyl groups excluding tert-OH is 1. The predicted octanol–water partition coefficient (Wildman–Crippen LogP) is 1.61. The van der Waals surface area contributed by atoms with E-state index in [1.807, 2.05) is 18.2 Å². The third kappa shape index (κ3) is 4.86. The molecule has 0 heterocycles. The number of benzene rings is 1. The van der Waals surface area contributed by atoms with Crippen molar-refractivity contribution in [2.45, 2.75) is 39.0 Å². The Morgan fingerprint density at radius 1 is 1.24 bits per heavy atom. The number of rotatable bonds is 5. The van der Waals surface area contributed by atoms with E-state index in [4.69, 9.17) is 5.73 Å². The van der Waals surface area contributed by atoms with Crippen LogP contribution in [0.25, 0.3) is 0 Å². The van der Waals surface area contributed by atoms with Gasteiger partial charge in [-0.15, -0.1) is 0 Å². The fraction of sp³-hybridized carbons (Fsp3) is 0.571. The maximum Gasteiger partial charge on any atom is 0.0789 e. The minimum atomic E-state index is -0.460. The molecule has 3 heteroatoms. The van der Waals surface area contributed by atoms with Crippen molar-refractivity contribution in [2.24, 2.45) is 5.73 Å². The monoisotopic (exact) mass is 236 g/mol. The third-order valence-electron chi connectivity index (χ3n) is 2.87. The van der Waals surface area contributed by atoms with Crippen molar-refractivity contribution in [3.05, 3.63) is 35.9 Å². The standard InChI is InChI=1S/C14H24N2O/c1-14(2,3)16(11-13(17)9-15)10-12-7-5-4-6-8-12/h4-8,13,17H,9-11,15H2,1-3H3/t13-/m1/s1. The summed E-state index contributed by atoms with van der Waals surface area (Å²) in [7, 11) is 0. The molecule has 1 aromatic carbocycles. The second-order valence-electron chi connectivity index (χ2n) is 5.43. The van der Waals surface area contributed by atoms with Crippen LogP contribution in [0.3, 0.4) is 0 Å². The van der Waals surface area contributed by atoms with Crippen LogP contribution in [0.15, 0.2) is 30.3 Å². The summed E-state index contributed by atoms with van der Waals surface area (Å²) in [4.78, 5) is 2.25. The molecule has 1 aromatic rings. The molecule has 0 aliphatic rings. The first-order chi connectivity index (χ1) is 7.93. The molecule has 3 N–H and O–H groups in total. The summed E-state index contributed by atoms with van der Waals surface area (Å²) < 4.78 is 0. The molecule has 0 aliphatic carbocycles. The molecular formula is C14H24N2O. The minimum Gasteiger partial charge on any atom is -0.390 e. The largest absolute Gasteiger partial charge is 0.390 e. The summed E-state index contributed by atoms with van der Waals surface area (Å²) in [6.45, 7) is 8.20. The van der Waals surface area contributed by atoms with Gasteiger partial charge in [-0.25, -0.2) is 0 Å². The second kappa shape index (κ2) is 6.15. The molecule has 0 bridgehead atoms. The lowest BCUT2D eigenvalue weighted by molar-refractivity contribution is 0.0567. The van der Waals surface area contributed by atoms with Gasteiger partial charge in [0.1, 0.15) is 0 Å². The zero-order valence-electron chi connectivity index (χ0n) is 11.1. The Kier molecular flexibility index (Phi) is 5.12. The van der Waals surface area contributed by atoms with Crippen LogP contribution in [0.4, 0.5) is 0 Å². The summed E-state index contributed by atoms with van der Waals surface area (Å²) in [6.07, 6.45) is -0.460. The maximum atomic E-state index is 9.70. The highest BCUT2D eigenvalue weighted by Gasteiger charge is 2.23. The van der Waals surface area contributed by atoms with Crippen molar-refractivity contribution < 1.29 is 5.11 Å². The molecule has 0 aliphatic heterocycles. The molecule has 0 unspecified atom stereocenters. The number of hydrogen-bond acceptors (Lipinski definition) is 3. The van der Waals surface area contributed by atoms with Gasteiger partial charge >= 0.3 is 0 Å². The van der Waals surface area contributed by atoms with E-state index in [0.717, 1.165) is 6.54 Å². The molecular weight excluding hydrogens is 212 g/mol. The predicted molar refractivity (Wildman–Crippen MR) is 71.7 cm³/mol. The molecule has 3 nitrogen and oxygen atoms in total.